The number of carbonyl (C=O) groups is 1. The maximum Gasteiger partial charge on any atom is 0.257 e. The van der Waals surface area contributed by atoms with Gasteiger partial charge in [-0.15, -0.1) is 0 Å². The predicted molar refractivity (Wildman–Crippen MR) is 103 cm³/mol. The Kier molecular flexibility index (Phi) is 5.52. The van der Waals surface area contributed by atoms with Gasteiger partial charge in [0.25, 0.3) is 5.91 Å². The van der Waals surface area contributed by atoms with Crippen molar-refractivity contribution < 1.29 is 9.32 Å². The van der Waals surface area contributed by atoms with Crippen LogP contribution < -0.4 is 5.32 Å². The number of amides is 1. The molecule has 1 amide bonds. The van der Waals surface area contributed by atoms with Gasteiger partial charge >= 0.3 is 0 Å². The molecule has 0 bridgehead atoms. The molecule has 0 fully saturated rings. The number of aromatic nitrogens is 1. The average molecular weight is 348 g/mol. The summed E-state index contributed by atoms with van der Waals surface area (Å²) in [6, 6.07) is 18.2. The number of benzene rings is 2. The lowest BCUT2D eigenvalue weighted by Gasteiger charge is -2.14. The smallest absolute Gasteiger partial charge is 0.257 e. The minimum atomic E-state index is -0.137. The van der Waals surface area contributed by atoms with Gasteiger partial charge in [-0.2, -0.15) is 0 Å². The zero-order valence-electron chi connectivity index (χ0n) is 15.5. The molecule has 1 heterocycles. The first-order valence-corrected chi connectivity index (χ1v) is 8.93. The second-order valence-electron chi connectivity index (χ2n) is 6.69. The summed E-state index contributed by atoms with van der Waals surface area (Å²) in [5.41, 5.74) is 4.35. The van der Waals surface area contributed by atoms with Crippen molar-refractivity contribution in [2.24, 2.45) is 0 Å². The lowest BCUT2D eigenvalue weighted by atomic mass is 10.0. The number of carbonyl (C=O) groups excluding carboxylic acids is 1. The van der Waals surface area contributed by atoms with Crippen molar-refractivity contribution in [2.45, 2.75) is 39.7 Å². The van der Waals surface area contributed by atoms with E-state index in [2.05, 4.69) is 22.6 Å². The van der Waals surface area contributed by atoms with Gasteiger partial charge < -0.3 is 9.84 Å². The summed E-state index contributed by atoms with van der Waals surface area (Å²) in [5, 5.41) is 7.10. The molecule has 3 rings (SSSR count). The van der Waals surface area contributed by atoms with Gasteiger partial charge in [0.1, 0.15) is 5.56 Å². The summed E-state index contributed by atoms with van der Waals surface area (Å²) >= 11 is 0. The highest BCUT2D eigenvalue weighted by Gasteiger charge is 2.23. The summed E-state index contributed by atoms with van der Waals surface area (Å²) in [5.74, 6) is 0.399. The van der Waals surface area contributed by atoms with Gasteiger partial charge in [0.15, 0.2) is 5.76 Å². The molecule has 1 atom stereocenters. The van der Waals surface area contributed by atoms with E-state index in [1.54, 1.807) is 6.92 Å². The Morgan fingerprint density at radius 1 is 1.08 bits per heavy atom. The van der Waals surface area contributed by atoms with Gasteiger partial charge in [0.2, 0.25) is 0 Å². The molecule has 4 heteroatoms. The summed E-state index contributed by atoms with van der Waals surface area (Å²) in [6.07, 6.45) is 1.80. The second kappa shape index (κ2) is 8.00. The van der Waals surface area contributed by atoms with E-state index in [0.29, 0.717) is 17.0 Å². The Balaban J connectivity index is 1.72. The molecule has 0 saturated heterocycles. The fourth-order valence-electron chi connectivity index (χ4n) is 3.04. The molecule has 4 nitrogen and oxygen atoms in total. The van der Waals surface area contributed by atoms with Crippen LogP contribution in [0.5, 0.6) is 0 Å². The molecule has 1 aromatic heterocycles. The Morgan fingerprint density at radius 2 is 1.77 bits per heavy atom. The first kappa shape index (κ1) is 17.9. The van der Waals surface area contributed by atoms with E-state index in [0.717, 1.165) is 24.0 Å². The highest BCUT2D eigenvalue weighted by molar-refractivity contribution is 6.00. The van der Waals surface area contributed by atoms with Crippen LogP contribution in [0.25, 0.3) is 11.3 Å². The molecule has 3 aromatic rings. The van der Waals surface area contributed by atoms with E-state index < -0.39 is 0 Å². The highest BCUT2D eigenvalue weighted by Crippen LogP contribution is 2.28. The molecule has 0 radical (unpaired) electrons. The molecular formula is C22H24N2O2. The van der Waals surface area contributed by atoms with Crippen LogP contribution in [0.2, 0.25) is 0 Å². The van der Waals surface area contributed by atoms with Crippen molar-refractivity contribution in [3.63, 3.8) is 0 Å². The normalized spacial score (nSPS) is 12.0. The Bertz CT molecular complexity index is 884. The number of hydrogen-bond acceptors (Lipinski definition) is 3. The van der Waals surface area contributed by atoms with Crippen LogP contribution in [0.15, 0.2) is 59.1 Å². The number of aryl methyl sites for hydroxylation is 3. The summed E-state index contributed by atoms with van der Waals surface area (Å²) in [6.45, 7) is 5.82. The molecule has 0 spiro atoms. The van der Waals surface area contributed by atoms with Crippen LogP contribution in [-0.4, -0.2) is 17.1 Å². The van der Waals surface area contributed by atoms with Crippen molar-refractivity contribution >= 4 is 5.91 Å². The zero-order chi connectivity index (χ0) is 18.5. The predicted octanol–water partition coefficient (Wildman–Crippen LogP) is 4.71. The number of nitrogens with zero attached hydrogens (tertiary/aromatic N) is 1. The molecule has 0 saturated carbocycles. The standard InChI is InChI=1S/C22H24N2O2/c1-15-9-7-8-12-19(15)21-20(17(3)24-26-21)22(25)23-16(2)13-14-18-10-5-4-6-11-18/h4-12,16H,13-14H2,1-3H3,(H,23,25)/t16-/m1/s1. The fraction of sp³-hybridized carbons (Fsp3) is 0.273. The minimum absolute atomic E-state index is 0.0572. The van der Waals surface area contributed by atoms with Crippen molar-refractivity contribution in [1.82, 2.24) is 10.5 Å². The van der Waals surface area contributed by atoms with Crippen LogP contribution in [0.3, 0.4) is 0 Å². The van der Waals surface area contributed by atoms with Gasteiger partial charge in [-0.05, 0) is 44.7 Å². The van der Waals surface area contributed by atoms with Crippen molar-refractivity contribution in [2.75, 3.05) is 0 Å². The van der Waals surface area contributed by atoms with Crippen LogP contribution >= 0.6 is 0 Å². The third kappa shape index (κ3) is 4.02. The highest BCUT2D eigenvalue weighted by atomic mass is 16.5. The Morgan fingerprint density at radius 3 is 2.50 bits per heavy atom. The first-order chi connectivity index (χ1) is 12.6. The first-order valence-electron chi connectivity index (χ1n) is 8.93. The Labute approximate surface area is 154 Å². The van der Waals surface area contributed by atoms with Crippen molar-refractivity contribution in [3.05, 3.63) is 77.0 Å². The maximum atomic E-state index is 12.8. The zero-order valence-corrected chi connectivity index (χ0v) is 15.5. The van der Waals surface area contributed by atoms with Gasteiger partial charge in [-0.25, -0.2) is 0 Å². The number of rotatable bonds is 6. The summed E-state index contributed by atoms with van der Waals surface area (Å²) < 4.78 is 5.48. The molecule has 0 aliphatic heterocycles. The maximum absolute atomic E-state index is 12.8. The van der Waals surface area contributed by atoms with Gasteiger partial charge in [-0.1, -0.05) is 59.8 Å². The third-order valence-corrected chi connectivity index (χ3v) is 4.57. The molecule has 0 unspecified atom stereocenters. The van der Waals surface area contributed by atoms with E-state index in [4.69, 9.17) is 4.52 Å². The summed E-state index contributed by atoms with van der Waals surface area (Å²) in [7, 11) is 0. The fourth-order valence-corrected chi connectivity index (χ4v) is 3.04. The van der Waals surface area contributed by atoms with Crippen LogP contribution in [0.1, 0.15) is 40.5 Å². The molecule has 0 aliphatic carbocycles. The van der Waals surface area contributed by atoms with Crippen LogP contribution in [0.4, 0.5) is 0 Å². The molecule has 0 aliphatic rings. The lowest BCUT2D eigenvalue weighted by molar-refractivity contribution is 0.0938. The minimum Gasteiger partial charge on any atom is -0.355 e. The second-order valence-corrected chi connectivity index (χ2v) is 6.69. The van der Waals surface area contributed by atoms with Gasteiger partial charge in [0.05, 0.1) is 5.69 Å². The quantitative estimate of drug-likeness (QED) is 0.702. The van der Waals surface area contributed by atoms with E-state index >= 15 is 0 Å². The average Bonchev–Trinajstić information content (AvgIpc) is 3.02. The summed E-state index contributed by atoms with van der Waals surface area (Å²) in [4.78, 5) is 12.8. The molecule has 26 heavy (non-hydrogen) atoms. The number of hydrogen-bond donors (Lipinski definition) is 1. The Hall–Kier alpha value is -2.88. The third-order valence-electron chi connectivity index (χ3n) is 4.57. The van der Waals surface area contributed by atoms with E-state index in [9.17, 15) is 4.79 Å². The molecule has 134 valence electrons. The van der Waals surface area contributed by atoms with Crippen LogP contribution in [0, 0.1) is 13.8 Å². The van der Waals surface area contributed by atoms with Crippen molar-refractivity contribution in [3.8, 4) is 11.3 Å². The topological polar surface area (TPSA) is 55.1 Å². The number of nitrogens with one attached hydrogen (secondary N) is 1. The monoisotopic (exact) mass is 348 g/mol. The van der Waals surface area contributed by atoms with Crippen molar-refractivity contribution in [1.29, 1.82) is 0 Å². The lowest BCUT2D eigenvalue weighted by Crippen LogP contribution is -2.33. The van der Waals surface area contributed by atoms with Gasteiger partial charge in [0, 0.05) is 11.6 Å². The molecular weight excluding hydrogens is 324 g/mol. The SMILES string of the molecule is Cc1ccccc1-c1onc(C)c1C(=O)N[C@H](C)CCc1ccccc1. The van der Waals surface area contributed by atoms with Crippen LogP contribution in [-0.2, 0) is 6.42 Å². The van der Waals surface area contributed by atoms with Gasteiger partial charge in [-0.3, -0.25) is 4.79 Å². The molecule has 2 aromatic carbocycles. The molecule has 1 N–H and O–H groups in total. The largest absolute Gasteiger partial charge is 0.355 e. The van der Waals surface area contributed by atoms with E-state index in [1.165, 1.54) is 5.56 Å². The van der Waals surface area contributed by atoms with E-state index in [-0.39, 0.29) is 11.9 Å². The van der Waals surface area contributed by atoms with E-state index in [1.807, 2.05) is 56.3 Å².